The number of carbonyl (C=O) groups is 1. The van der Waals surface area contributed by atoms with Gasteiger partial charge in [-0.2, -0.15) is 13.9 Å². The van der Waals surface area contributed by atoms with Crippen LogP contribution in [0, 0.1) is 6.92 Å². The zero-order valence-corrected chi connectivity index (χ0v) is 17.7. The van der Waals surface area contributed by atoms with Crippen molar-refractivity contribution in [2.45, 2.75) is 24.8 Å². The van der Waals surface area contributed by atoms with Gasteiger partial charge < -0.3 is 20.2 Å². The number of hydrogen-bond acceptors (Lipinski definition) is 9. The fourth-order valence-corrected chi connectivity index (χ4v) is 3.36. The Morgan fingerprint density at radius 3 is 2.73 bits per heavy atom. The highest BCUT2D eigenvalue weighted by Crippen LogP contribution is 2.11. The van der Waals surface area contributed by atoms with Crippen LogP contribution >= 0.6 is 0 Å². The van der Waals surface area contributed by atoms with E-state index in [1.54, 1.807) is 21.0 Å². The van der Waals surface area contributed by atoms with Crippen molar-refractivity contribution in [2.24, 2.45) is 12.8 Å². The van der Waals surface area contributed by atoms with E-state index in [4.69, 9.17) is 10.6 Å². The molecule has 0 spiro atoms. The molecule has 2 aromatic heterocycles. The van der Waals surface area contributed by atoms with Crippen LogP contribution in [0.15, 0.2) is 34.5 Å². The summed E-state index contributed by atoms with van der Waals surface area (Å²) in [6.45, 7) is 1.69. The Labute approximate surface area is 173 Å². The van der Waals surface area contributed by atoms with Gasteiger partial charge in [0.25, 0.3) is 15.6 Å². The summed E-state index contributed by atoms with van der Waals surface area (Å²) in [5.41, 5.74) is 7.68. The van der Waals surface area contributed by atoms with Crippen LogP contribution < -0.4 is 32.1 Å². The number of hydroxylamine groups is 1. The molecule has 13 nitrogen and oxygen atoms in total. The zero-order valence-electron chi connectivity index (χ0n) is 16.9. The Hall–Kier alpha value is -2.78. The minimum Gasteiger partial charge on any atom is -0.352 e. The van der Waals surface area contributed by atoms with Gasteiger partial charge in [-0.1, -0.05) is 0 Å². The Balaban J connectivity index is 2.02. The summed E-state index contributed by atoms with van der Waals surface area (Å²) in [6, 6.07) is 2.88. The van der Waals surface area contributed by atoms with Crippen LogP contribution in [-0.4, -0.2) is 54.9 Å². The molecule has 2 aromatic rings. The Kier molecular flexibility index (Phi) is 8.08. The number of rotatable bonds is 11. The van der Waals surface area contributed by atoms with Crippen LogP contribution in [-0.2, 0) is 33.2 Å². The van der Waals surface area contributed by atoms with Gasteiger partial charge >= 0.3 is 0 Å². The Morgan fingerprint density at radius 2 is 2.10 bits per heavy atom. The number of amides is 1. The van der Waals surface area contributed by atoms with Crippen molar-refractivity contribution in [3.8, 4) is 0 Å². The molecule has 0 saturated heterocycles. The first-order valence-electron chi connectivity index (χ1n) is 8.92. The summed E-state index contributed by atoms with van der Waals surface area (Å²) in [6.07, 6.45) is 2.10. The fourth-order valence-electron chi connectivity index (χ4n) is 2.32. The van der Waals surface area contributed by atoms with Crippen molar-refractivity contribution >= 4 is 21.6 Å². The molecular formula is C16H26N8O5S. The Bertz CT molecular complexity index is 1030. The second-order valence-electron chi connectivity index (χ2n) is 6.35. The van der Waals surface area contributed by atoms with Crippen LogP contribution in [0.2, 0.25) is 0 Å². The van der Waals surface area contributed by atoms with Crippen molar-refractivity contribution in [2.75, 3.05) is 24.9 Å². The maximum Gasteiger partial charge on any atom is 0.281 e. The van der Waals surface area contributed by atoms with Gasteiger partial charge in [0, 0.05) is 25.5 Å². The summed E-state index contributed by atoms with van der Waals surface area (Å²) in [5, 5.41) is 5.08. The molecule has 14 heteroatoms. The third-order valence-electron chi connectivity index (χ3n) is 3.94. The molecule has 1 atom stereocenters. The normalized spacial score (nSPS) is 12.5. The van der Waals surface area contributed by atoms with E-state index < -0.39 is 27.8 Å². The number of aromatic nitrogens is 3. The fraction of sp³-hybridized carbons (Fsp3) is 0.438. The smallest absolute Gasteiger partial charge is 0.281 e. The molecule has 166 valence electrons. The van der Waals surface area contributed by atoms with Crippen LogP contribution in [0.25, 0.3) is 0 Å². The van der Waals surface area contributed by atoms with E-state index >= 15 is 0 Å². The molecule has 0 aromatic carbocycles. The highest BCUT2D eigenvalue weighted by atomic mass is 32.2. The number of nitrogens with zero attached hydrogens (tertiary/aromatic N) is 3. The molecule has 0 radical (unpaired) electrons. The number of nitrogens with two attached hydrogens (primary N) is 1. The number of pyridine rings is 1. The number of hydrogen-bond donors (Lipinski definition) is 5. The number of anilines is 1. The summed E-state index contributed by atoms with van der Waals surface area (Å²) >= 11 is 0. The number of sulfonamides is 1. The predicted molar refractivity (Wildman–Crippen MR) is 109 cm³/mol. The molecule has 0 saturated carbocycles. The van der Waals surface area contributed by atoms with E-state index in [2.05, 4.69) is 25.8 Å². The molecule has 30 heavy (non-hydrogen) atoms. The third kappa shape index (κ3) is 6.36. The first-order valence-corrected chi connectivity index (χ1v) is 10.4. The maximum atomic E-state index is 12.7. The maximum absolute atomic E-state index is 12.7. The van der Waals surface area contributed by atoms with Gasteiger partial charge in [0.2, 0.25) is 5.91 Å². The lowest BCUT2D eigenvalue weighted by atomic mass is 10.3. The minimum absolute atomic E-state index is 0.152. The average molecular weight is 443 g/mol. The largest absolute Gasteiger partial charge is 0.352 e. The molecule has 0 bridgehead atoms. The number of carbonyl (C=O) groups excluding carboxylic acids is 1. The number of nitrogens with one attached hydrogen (secondary N) is 4. The second-order valence-corrected chi connectivity index (χ2v) is 7.97. The van der Waals surface area contributed by atoms with Gasteiger partial charge in [-0.25, -0.2) is 4.98 Å². The molecule has 1 unspecified atom stereocenters. The third-order valence-corrected chi connectivity index (χ3v) is 5.19. The van der Waals surface area contributed by atoms with Gasteiger partial charge in [-0.05, 0) is 26.1 Å². The van der Waals surface area contributed by atoms with E-state index in [9.17, 15) is 18.0 Å². The van der Waals surface area contributed by atoms with Crippen LogP contribution in [0.4, 0.5) is 5.69 Å². The van der Waals surface area contributed by atoms with Crippen LogP contribution in [0.1, 0.15) is 5.69 Å². The highest BCUT2D eigenvalue weighted by molar-refractivity contribution is 7.92. The van der Waals surface area contributed by atoms with Crippen LogP contribution in [0.3, 0.4) is 0 Å². The van der Waals surface area contributed by atoms with Gasteiger partial charge in [0.05, 0.1) is 12.9 Å². The van der Waals surface area contributed by atoms with Crippen molar-refractivity contribution in [1.82, 2.24) is 30.2 Å². The minimum atomic E-state index is -4.04. The predicted octanol–water partition coefficient (Wildman–Crippen LogP) is -2.21. The highest BCUT2D eigenvalue weighted by Gasteiger charge is 2.20. The molecule has 0 fully saturated rings. The lowest BCUT2D eigenvalue weighted by molar-refractivity contribution is -0.122. The first-order chi connectivity index (χ1) is 14.1. The van der Waals surface area contributed by atoms with Gasteiger partial charge in [-0.3, -0.25) is 24.5 Å². The van der Waals surface area contributed by atoms with Gasteiger partial charge in [0.1, 0.15) is 18.5 Å². The van der Waals surface area contributed by atoms with E-state index in [0.29, 0.717) is 5.69 Å². The molecule has 0 aliphatic carbocycles. The van der Waals surface area contributed by atoms with Crippen molar-refractivity contribution in [3.63, 3.8) is 0 Å². The summed E-state index contributed by atoms with van der Waals surface area (Å²) in [5.74, 6) is -0.438. The van der Waals surface area contributed by atoms with E-state index in [0.717, 1.165) is 0 Å². The SMILES string of the molecule is CNC(N)NOCCNC(=O)Cn1c(C)ccc(NS(=O)(=O)c2cn(C)cn2)c1=O. The summed E-state index contributed by atoms with van der Waals surface area (Å²) < 4.78 is 29.7. The van der Waals surface area contributed by atoms with Crippen molar-refractivity contribution in [3.05, 3.63) is 40.7 Å². The first kappa shape index (κ1) is 23.5. The molecule has 0 aliphatic heterocycles. The number of aryl methyl sites for hydroxylation is 2. The number of imidazole rings is 1. The zero-order chi connectivity index (χ0) is 22.3. The molecule has 1 amide bonds. The monoisotopic (exact) mass is 442 g/mol. The van der Waals surface area contributed by atoms with Gasteiger partial charge in [0.15, 0.2) is 5.03 Å². The molecule has 2 heterocycles. The molecule has 2 rings (SSSR count). The van der Waals surface area contributed by atoms with E-state index in [1.807, 2.05) is 0 Å². The molecule has 0 aliphatic rings. The van der Waals surface area contributed by atoms with Gasteiger partial charge in [-0.15, -0.1) is 0 Å². The Morgan fingerprint density at radius 1 is 1.37 bits per heavy atom. The standard InChI is InChI=1S/C16H26N8O5S/c1-11-4-5-12(22-30(27,28)14-9-23(3)10-20-14)15(26)24(11)8-13(25)19-6-7-29-21-16(17)18-2/h4-5,9-10,16,18,21-22H,6-8,17H2,1-3H3,(H,19,25). The van der Waals surface area contributed by atoms with Crippen LogP contribution in [0.5, 0.6) is 0 Å². The lowest BCUT2D eigenvalue weighted by Crippen LogP contribution is -2.48. The summed E-state index contributed by atoms with van der Waals surface area (Å²) in [4.78, 5) is 33.7. The second kappa shape index (κ2) is 10.3. The molecule has 6 N–H and O–H groups in total. The lowest BCUT2D eigenvalue weighted by Gasteiger charge is -2.14. The average Bonchev–Trinajstić information content (AvgIpc) is 3.14. The quantitative estimate of drug-likeness (QED) is 0.147. The van der Waals surface area contributed by atoms with E-state index in [1.165, 1.54) is 33.8 Å². The topological polar surface area (TPSA) is 174 Å². The van der Waals surface area contributed by atoms with Crippen molar-refractivity contribution in [1.29, 1.82) is 0 Å². The van der Waals surface area contributed by atoms with Crippen molar-refractivity contribution < 1.29 is 18.0 Å². The summed E-state index contributed by atoms with van der Waals surface area (Å²) in [7, 11) is -0.767. The molecular weight excluding hydrogens is 416 g/mol. The van der Waals surface area contributed by atoms with E-state index in [-0.39, 0.29) is 30.4 Å².